The topological polar surface area (TPSA) is 12.4 Å². The van der Waals surface area contributed by atoms with E-state index in [9.17, 15) is 0 Å². The molecule has 0 saturated carbocycles. The summed E-state index contributed by atoms with van der Waals surface area (Å²) in [7, 11) is 1.76. The molecule has 1 nitrogen and oxygen atoms in total. The molecule has 0 aliphatic carbocycles. The van der Waals surface area contributed by atoms with Crippen LogP contribution in [-0.4, -0.2) is 12.8 Å². The van der Waals surface area contributed by atoms with Gasteiger partial charge in [-0.25, -0.2) is 0 Å². The summed E-state index contributed by atoms with van der Waals surface area (Å²) in [5, 5.41) is 0. The minimum Gasteiger partial charge on any atom is -0.293 e. The van der Waals surface area contributed by atoms with Gasteiger partial charge in [0.1, 0.15) is 0 Å². The fraction of sp³-hybridized carbons (Fsp3) is 0.300. The van der Waals surface area contributed by atoms with Gasteiger partial charge in [0.25, 0.3) is 0 Å². The highest BCUT2D eigenvalue weighted by molar-refractivity contribution is 5.97. The Morgan fingerprint density at radius 2 is 2.00 bits per heavy atom. The normalized spacial score (nSPS) is 10.9. The third-order valence-electron chi connectivity index (χ3n) is 1.58. The van der Waals surface area contributed by atoms with Crippen LogP contribution in [0, 0.1) is 0 Å². The number of rotatable bonds is 4. The summed E-state index contributed by atoms with van der Waals surface area (Å²) >= 11 is 0. The fourth-order valence-electron chi connectivity index (χ4n) is 0.632. The van der Waals surface area contributed by atoms with E-state index in [0.29, 0.717) is 0 Å². The van der Waals surface area contributed by atoms with Gasteiger partial charge >= 0.3 is 0 Å². The second-order valence-electron chi connectivity index (χ2n) is 2.45. The van der Waals surface area contributed by atoms with Crippen LogP contribution in [-0.2, 0) is 0 Å². The molecule has 0 amide bonds. The maximum Gasteiger partial charge on any atom is 0.0343 e. The third kappa shape index (κ3) is 3.56. The third-order valence-corrected chi connectivity index (χ3v) is 1.58. The van der Waals surface area contributed by atoms with Crippen LogP contribution in [0.5, 0.6) is 0 Å². The van der Waals surface area contributed by atoms with E-state index in [4.69, 9.17) is 0 Å². The van der Waals surface area contributed by atoms with Gasteiger partial charge in [0, 0.05) is 12.8 Å². The van der Waals surface area contributed by atoms with Crippen molar-refractivity contribution in [2.75, 3.05) is 7.05 Å². The summed E-state index contributed by atoms with van der Waals surface area (Å²) < 4.78 is 0. The maximum absolute atomic E-state index is 4.02. The molecule has 0 fully saturated rings. The smallest absolute Gasteiger partial charge is 0.0343 e. The van der Waals surface area contributed by atoms with Crippen LogP contribution in [0.3, 0.4) is 0 Å². The molecule has 0 spiro atoms. The van der Waals surface area contributed by atoms with Gasteiger partial charge in [0.2, 0.25) is 0 Å². The molecule has 0 N–H and O–H groups in total. The molecule has 0 aromatic heterocycles. The zero-order valence-corrected chi connectivity index (χ0v) is 7.35. The van der Waals surface area contributed by atoms with E-state index in [1.165, 1.54) is 0 Å². The van der Waals surface area contributed by atoms with E-state index in [0.717, 1.165) is 23.3 Å². The summed E-state index contributed by atoms with van der Waals surface area (Å²) in [4.78, 5) is 4.02. The largest absolute Gasteiger partial charge is 0.293 e. The van der Waals surface area contributed by atoms with Crippen LogP contribution in [0.2, 0.25) is 0 Å². The number of nitrogens with zero attached hydrogens (tertiary/aromatic N) is 1. The molecule has 0 atom stereocenters. The van der Waals surface area contributed by atoms with Crippen LogP contribution in [0.25, 0.3) is 0 Å². The molecular formula is C10H15N. The van der Waals surface area contributed by atoms with E-state index in [1.54, 1.807) is 13.1 Å². The van der Waals surface area contributed by atoms with Gasteiger partial charge in [-0.15, -0.1) is 0 Å². The predicted octanol–water partition coefficient (Wildman–Crippen LogP) is 2.77. The summed E-state index contributed by atoms with van der Waals surface area (Å²) in [6.45, 7) is 13.2. The molecule has 0 aliphatic heterocycles. The Morgan fingerprint density at radius 1 is 1.45 bits per heavy atom. The van der Waals surface area contributed by atoms with Crippen LogP contribution >= 0.6 is 0 Å². The first-order valence-corrected chi connectivity index (χ1v) is 3.53. The zero-order chi connectivity index (χ0) is 8.85. The Balaban J connectivity index is 4.09. The lowest BCUT2D eigenvalue weighted by Gasteiger charge is -2.03. The summed E-state index contributed by atoms with van der Waals surface area (Å²) in [6, 6.07) is 0. The standard InChI is InChI=1S/C10H15N/c1-6-8(2)7-9(3)10(4)11-5/h6H,1-3,7H2,4-5H3. The lowest BCUT2D eigenvalue weighted by atomic mass is 10.1. The lowest BCUT2D eigenvalue weighted by molar-refractivity contribution is 1.23. The average molecular weight is 149 g/mol. The molecule has 1 heteroatoms. The molecule has 0 aromatic carbocycles. The summed E-state index contributed by atoms with van der Waals surface area (Å²) in [5.74, 6) is 0. The average Bonchev–Trinajstić information content (AvgIpc) is 2.02. The van der Waals surface area contributed by atoms with Crippen molar-refractivity contribution in [2.24, 2.45) is 4.99 Å². The van der Waals surface area contributed by atoms with Crippen LogP contribution < -0.4 is 0 Å². The van der Waals surface area contributed by atoms with Crippen molar-refractivity contribution in [3.05, 3.63) is 37.0 Å². The second-order valence-corrected chi connectivity index (χ2v) is 2.45. The van der Waals surface area contributed by atoms with Crippen LogP contribution in [0.1, 0.15) is 13.3 Å². The molecule has 11 heavy (non-hydrogen) atoms. The lowest BCUT2D eigenvalue weighted by Crippen LogP contribution is -1.95. The van der Waals surface area contributed by atoms with E-state index in [1.807, 2.05) is 6.92 Å². The highest BCUT2D eigenvalue weighted by Gasteiger charge is 1.97. The molecule has 0 rings (SSSR count). The Kier molecular flexibility index (Phi) is 4.20. The Morgan fingerprint density at radius 3 is 2.36 bits per heavy atom. The number of allylic oxidation sites excluding steroid dienone is 3. The van der Waals surface area contributed by atoms with Crippen LogP contribution in [0.4, 0.5) is 0 Å². The van der Waals surface area contributed by atoms with Crippen molar-refractivity contribution in [3.8, 4) is 0 Å². The van der Waals surface area contributed by atoms with Gasteiger partial charge in [-0.1, -0.05) is 31.4 Å². The van der Waals surface area contributed by atoms with E-state index < -0.39 is 0 Å². The van der Waals surface area contributed by atoms with Gasteiger partial charge < -0.3 is 0 Å². The Bertz CT molecular complexity index is 209. The summed E-state index contributed by atoms with van der Waals surface area (Å²) in [5.41, 5.74) is 2.98. The Hall–Kier alpha value is -1.11. The molecule has 0 unspecified atom stereocenters. The first-order chi connectivity index (χ1) is 5.11. The molecular weight excluding hydrogens is 134 g/mol. The van der Waals surface area contributed by atoms with E-state index >= 15 is 0 Å². The quantitative estimate of drug-likeness (QED) is 0.430. The van der Waals surface area contributed by atoms with Crippen LogP contribution in [0.15, 0.2) is 42.0 Å². The monoisotopic (exact) mass is 149 g/mol. The van der Waals surface area contributed by atoms with Crippen molar-refractivity contribution in [1.29, 1.82) is 0 Å². The fourth-order valence-corrected chi connectivity index (χ4v) is 0.632. The number of hydrogen-bond acceptors (Lipinski definition) is 1. The van der Waals surface area contributed by atoms with Gasteiger partial charge in [-0.05, 0) is 18.9 Å². The van der Waals surface area contributed by atoms with Crippen molar-refractivity contribution in [1.82, 2.24) is 0 Å². The van der Waals surface area contributed by atoms with Crippen molar-refractivity contribution < 1.29 is 0 Å². The SMILES string of the molecule is C=CC(=C)CC(=C)C(C)=NC. The second kappa shape index (κ2) is 4.67. The van der Waals surface area contributed by atoms with E-state index in [-0.39, 0.29) is 0 Å². The maximum atomic E-state index is 4.02. The first-order valence-electron chi connectivity index (χ1n) is 3.53. The van der Waals surface area contributed by atoms with Gasteiger partial charge in [-0.2, -0.15) is 0 Å². The van der Waals surface area contributed by atoms with Crippen molar-refractivity contribution >= 4 is 5.71 Å². The van der Waals surface area contributed by atoms with Crippen molar-refractivity contribution in [3.63, 3.8) is 0 Å². The summed E-state index contributed by atoms with van der Waals surface area (Å²) in [6.07, 6.45) is 2.51. The number of hydrogen-bond donors (Lipinski definition) is 0. The molecule has 0 aliphatic rings. The van der Waals surface area contributed by atoms with Gasteiger partial charge in [0.15, 0.2) is 0 Å². The molecule has 0 bridgehead atoms. The van der Waals surface area contributed by atoms with Crippen molar-refractivity contribution in [2.45, 2.75) is 13.3 Å². The van der Waals surface area contributed by atoms with Gasteiger partial charge in [0.05, 0.1) is 0 Å². The highest BCUT2D eigenvalue weighted by Crippen LogP contribution is 2.09. The molecule has 0 aromatic rings. The zero-order valence-electron chi connectivity index (χ0n) is 7.35. The predicted molar refractivity (Wildman–Crippen MR) is 52.1 cm³/mol. The molecule has 60 valence electrons. The first kappa shape index (κ1) is 9.89. The minimum atomic E-state index is 0.771. The molecule has 0 radical (unpaired) electrons. The Labute approximate surface area is 68.9 Å². The molecule has 0 saturated heterocycles. The van der Waals surface area contributed by atoms with E-state index in [2.05, 4.69) is 24.7 Å². The number of aliphatic imine (C=N–C) groups is 1. The minimum absolute atomic E-state index is 0.771. The van der Waals surface area contributed by atoms with Gasteiger partial charge in [-0.3, -0.25) is 4.99 Å². The molecule has 0 heterocycles. The highest BCUT2D eigenvalue weighted by atomic mass is 14.7.